The molecule has 0 aromatic heterocycles. The first-order chi connectivity index (χ1) is 16.3. The van der Waals surface area contributed by atoms with E-state index in [4.69, 9.17) is 5.73 Å². The van der Waals surface area contributed by atoms with Gasteiger partial charge in [0.05, 0.1) is 0 Å². The topological polar surface area (TPSA) is 26.0 Å². The van der Waals surface area contributed by atoms with Crippen LogP contribution in [0.1, 0.15) is 103 Å². The van der Waals surface area contributed by atoms with Gasteiger partial charge in [0.1, 0.15) is 0 Å². The highest BCUT2D eigenvalue weighted by Gasteiger charge is 2.71. The zero-order chi connectivity index (χ0) is 22.3. The Morgan fingerprint density at radius 2 is 1.24 bits per heavy atom. The minimum absolute atomic E-state index is 0.296. The molecule has 1 spiro atoms. The summed E-state index contributed by atoms with van der Waals surface area (Å²) in [7, 11) is 0. The van der Waals surface area contributed by atoms with E-state index >= 15 is 0 Å². The van der Waals surface area contributed by atoms with Gasteiger partial charge in [0.15, 0.2) is 0 Å². The molecule has 0 radical (unpaired) electrons. The zero-order valence-electron chi connectivity index (χ0n) is 20.7. The summed E-state index contributed by atoms with van der Waals surface area (Å²) in [5, 5.41) is 0. The Morgan fingerprint density at radius 3 is 1.91 bits per heavy atom. The van der Waals surface area contributed by atoms with Crippen molar-refractivity contribution in [1.82, 2.24) is 0 Å². The highest BCUT2D eigenvalue weighted by atomic mass is 14.8. The van der Waals surface area contributed by atoms with Crippen LogP contribution in [0.25, 0.3) is 0 Å². The zero-order valence-corrected chi connectivity index (χ0v) is 20.7. The van der Waals surface area contributed by atoms with Crippen molar-refractivity contribution in [3.8, 4) is 0 Å². The predicted molar refractivity (Wildman–Crippen MR) is 140 cm³/mol. The normalized spacial score (nSPS) is 41.2. The first-order valence-electron chi connectivity index (χ1n) is 14.6. The highest BCUT2D eigenvalue weighted by molar-refractivity contribution is 5.67. The monoisotopic (exact) mass is 443 g/mol. The lowest BCUT2D eigenvalue weighted by Crippen LogP contribution is -2.49. The number of hydrogen-bond acceptors (Lipinski definition) is 1. The molecule has 2 saturated carbocycles. The molecule has 6 atom stereocenters. The summed E-state index contributed by atoms with van der Waals surface area (Å²) in [5.41, 5.74) is 14.5. The van der Waals surface area contributed by atoms with E-state index in [1.165, 1.54) is 103 Å². The Bertz CT molecular complexity index is 897. The maximum atomic E-state index is 7.24. The average molecular weight is 444 g/mol. The van der Waals surface area contributed by atoms with Gasteiger partial charge < -0.3 is 5.73 Å². The van der Waals surface area contributed by atoms with Crippen molar-refractivity contribution in [2.24, 2.45) is 34.8 Å². The van der Waals surface area contributed by atoms with Crippen LogP contribution in [-0.2, 0) is 0 Å². The number of nitrogens with two attached hydrogens (primary N) is 1. The molecule has 0 aromatic carbocycles. The molecule has 6 aliphatic carbocycles. The van der Waals surface area contributed by atoms with E-state index in [1.807, 2.05) is 0 Å². The molecule has 0 heterocycles. The van der Waals surface area contributed by atoms with Crippen LogP contribution in [0.15, 0.2) is 58.7 Å². The quantitative estimate of drug-likeness (QED) is 0.400. The lowest BCUT2D eigenvalue weighted by molar-refractivity contribution is 0.154. The van der Waals surface area contributed by atoms with Gasteiger partial charge in [-0.25, -0.2) is 0 Å². The summed E-state index contributed by atoms with van der Waals surface area (Å²) in [6, 6.07) is 0.359. The van der Waals surface area contributed by atoms with Crippen molar-refractivity contribution in [3.63, 3.8) is 0 Å². The third-order valence-corrected chi connectivity index (χ3v) is 10.5. The smallest absolute Gasteiger partial charge is 0.0150 e. The van der Waals surface area contributed by atoms with Crippen molar-refractivity contribution in [1.29, 1.82) is 0 Å². The summed E-state index contributed by atoms with van der Waals surface area (Å²) < 4.78 is 0. The Balaban J connectivity index is 1.35. The summed E-state index contributed by atoms with van der Waals surface area (Å²) in [4.78, 5) is 0. The molecule has 0 aliphatic heterocycles. The van der Waals surface area contributed by atoms with Gasteiger partial charge in [-0.3, -0.25) is 0 Å². The van der Waals surface area contributed by atoms with Gasteiger partial charge >= 0.3 is 0 Å². The number of rotatable bonds is 0. The summed E-state index contributed by atoms with van der Waals surface area (Å²) in [6.45, 7) is 0. The second kappa shape index (κ2) is 9.37. The molecular formula is C32H45N. The minimum Gasteiger partial charge on any atom is -0.327 e. The van der Waals surface area contributed by atoms with Crippen molar-refractivity contribution < 1.29 is 0 Å². The van der Waals surface area contributed by atoms with Gasteiger partial charge in [-0.2, -0.15) is 0 Å². The van der Waals surface area contributed by atoms with Gasteiger partial charge in [0.25, 0.3) is 0 Å². The molecule has 33 heavy (non-hydrogen) atoms. The Hall–Kier alpha value is -1.34. The van der Waals surface area contributed by atoms with E-state index in [0.29, 0.717) is 11.5 Å². The maximum Gasteiger partial charge on any atom is 0.0150 e. The van der Waals surface area contributed by atoms with E-state index in [9.17, 15) is 0 Å². The number of hydrogen-bond donors (Lipinski definition) is 1. The van der Waals surface area contributed by atoms with Crippen molar-refractivity contribution >= 4 is 0 Å². The van der Waals surface area contributed by atoms with Crippen LogP contribution in [0.2, 0.25) is 0 Å². The van der Waals surface area contributed by atoms with Crippen molar-refractivity contribution in [2.45, 2.75) is 109 Å². The third kappa shape index (κ3) is 3.60. The third-order valence-electron chi connectivity index (χ3n) is 10.5. The molecule has 6 rings (SSSR count). The first kappa shape index (κ1) is 22.1. The SMILES string of the molecule is NC1CCCCCCCCCCCCCCC2CC3C4c5ccccccc6c2c5C13CC64. The largest absolute Gasteiger partial charge is 0.327 e. The van der Waals surface area contributed by atoms with Crippen LogP contribution >= 0.6 is 0 Å². The van der Waals surface area contributed by atoms with Crippen LogP contribution in [0, 0.1) is 29.1 Å². The first-order valence-corrected chi connectivity index (χ1v) is 14.6. The lowest BCUT2D eigenvalue weighted by Gasteiger charge is -2.51. The van der Waals surface area contributed by atoms with Gasteiger partial charge in [-0.05, 0) is 71.6 Å². The molecular weight excluding hydrogens is 398 g/mol. The van der Waals surface area contributed by atoms with Crippen molar-refractivity contribution in [2.75, 3.05) is 0 Å². The molecule has 0 saturated heterocycles. The van der Waals surface area contributed by atoms with Gasteiger partial charge in [-0.15, -0.1) is 0 Å². The molecule has 0 aromatic rings. The predicted octanol–water partition coefficient (Wildman–Crippen LogP) is 8.35. The van der Waals surface area contributed by atoms with E-state index < -0.39 is 0 Å². The molecule has 7 bridgehead atoms. The summed E-state index contributed by atoms with van der Waals surface area (Å²) in [5.74, 6) is 3.07. The minimum atomic E-state index is 0.296. The van der Waals surface area contributed by atoms with E-state index in [0.717, 1.165) is 23.7 Å². The van der Waals surface area contributed by atoms with Crippen LogP contribution < -0.4 is 5.73 Å². The standard InChI is InChI=1S/C32H45N/c33-28-20-16-10-8-6-4-2-1-3-5-7-9-13-17-23-21-27-30-25-19-15-12-11-14-18-24-26(30)22-32(27,28)31(25)29(23)24/h11-12,14-15,18-19,23,26-28,30H,1-10,13,16-17,20-22,33H2. The van der Waals surface area contributed by atoms with E-state index in [-0.39, 0.29) is 0 Å². The molecule has 1 nitrogen and oxygen atoms in total. The Morgan fingerprint density at radius 1 is 0.667 bits per heavy atom. The second-order valence-electron chi connectivity index (χ2n) is 12.1. The van der Waals surface area contributed by atoms with Crippen LogP contribution in [-0.4, -0.2) is 6.04 Å². The molecule has 2 fully saturated rings. The fraction of sp³-hybridized carbons (Fsp3) is 0.688. The fourth-order valence-corrected chi connectivity index (χ4v) is 9.18. The average Bonchev–Trinajstić information content (AvgIpc) is 3.17. The molecule has 2 N–H and O–H groups in total. The fourth-order valence-electron chi connectivity index (χ4n) is 9.18. The van der Waals surface area contributed by atoms with Crippen molar-refractivity contribution in [3.05, 3.63) is 58.7 Å². The molecule has 6 unspecified atom stereocenters. The van der Waals surface area contributed by atoms with Gasteiger partial charge in [-0.1, -0.05) is 114 Å². The maximum absolute atomic E-state index is 7.24. The van der Waals surface area contributed by atoms with E-state index in [2.05, 4.69) is 36.5 Å². The van der Waals surface area contributed by atoms with Gasteiger partial charge in [0, 0.05) is 11.5 Å². The summed E-state index contributed by atoms with van der Waals surface area (Å²) in [6.07, 6.45) is 36.6. The van der Waals surface area contributed by atoms with Crippen LogP contribution in [0.4, 0.5) is 0 Å². The van der Waals surface area contributed by atoms with E-state index in [1.54, 1.807) is 22.3 Å². The second-order valence-corrected chi connectivity index (χ2v) is 12.1. The van der Waals surface area contributed by atoms with Crippen LogP contribution in [0.5, 0.6) is 0 Å². The molecule has 0 amide bonds. The summed E-state index contributed by atoms with van der Waals surface area (Å²) >= 11 is 0. The lowest BCUT2D eigenvalue weighted by atomic mass is 9.54. The number of allylic oxidation sites excluding steroid dienone is 9. The Labute approximate surface area is 202 Å². The molecule has 178 valence electrons. The van der Waals surface area contributed by atoms with Crippen LogP contribution in [0.3, 0.4) is 0 Å². The Kier molecular flexibility index (Phi) is 6.29. The molecule has 1 heteroatoms. The van der Waals surface area contributed by atoms with Gasteiger partial charge in [0.2, 0.25) is 0 Å². The highest BCUT2D eigenvalue weighted by Crippen LogP contribution is 2.78. The molecule has 6 aliphatic rings.